The van der Waals surface area contributed by atoms with Crippen molar-refractivity contribution in [3.8, 4) is 0 Å². The van der Waals surface area contributed by atoms with E-state index in [0.29, 0.717) is 12.1 Å². The van der Waals surface area contributed by atoms with E-state index < -0.39 is 5.97 Å². The Hall–Kier alpha value is -0.610. The second-order valence-electron chi connectivity index (χ2n) is 5.54. The summed E-state index contributed by atoms with van der Waals surface area (Å²) in [5.74, 6) is -0.721. The van der Waals surface area contributed by atoms with Crippen LogP contribution in [0.1, 0.15) is 39.5 Å². The standard InChI is InChI=1S/C13H26N2O2/c1-10(2)15(9-13(16)17)12-8-6-5-7-11(12)14(3)4/h10-12H,5-9H2,1-4H3,(H,16,17)/t11-,12+/m1/s1. The van der Waals surface area contributed by atoms with E-state index in [1.54, 1.807) is 0 Å². The molecule has 1 N–H and O–H groups in total. The maximum Gasteiger partial charge on any atom is 0.317 e. The zero-order valence-electron chi connectivity index (χ0n) is 11.5. The lowest BCUT2D eigenvalue weighted by Crippen LogP contribution is -2.54. The summed E-state index contributed by atoms with van der Waals surface area (Å²) in [6.07, 6.45) is 4.78. The van der Waals surface area contributed by atoms with Gasteiger partial charge in [0.1, 0.15) is 0 Å². The number of likely N-dealkylation sites (N-methyl/N-ethyl adjacent to an activating group) is 1. The highest BCUT2D eigenvalue weighted by Crippen LogP contribution is 2.27. The third-order valence-electron chi connectivity index (χ3n) is 3.76. The molecule has 0 aliphatic heterocycles. The van der Waals surface area contributed by atoms with Crippen molar-refractivity contribution in [2.75, 3.05) is 20.6 Å². The minimum absolute atomic E-state index is 0.159. The predicted octanol–water partition coefficient (Wildman–Crippen LogP) is 1.65. The number of nitrogens with zero attached hydrogens (tertiary/aromatic N) is 2. The molecular formula is C13H26N2O2. The van der Waals surface area contributed by atoms with Gasteiger partial charge >= 0.3 is 5.97 Å². The van der Waals surface area contributed by atoms with E-state index in [4.69, 9.17) is 5.11 Å². The molecule has 1 rings (SSSR count). The van der Waals surface area contributed by atoms with Crippen molar-refractivity contribution in [1.29, 1.82) is 0 Å². The van der Waals surface area contributed by atoms with Crippen LogP contribution in [0, 0.1) is 0 Å². The summed E-state index contributed by atoms with van der Waals surface area (Å²) in [6, 6.07) is 1.16. The van der Waals surface area contributed by atoms with Crippen LogP contribution in [0.4, 0.5) is 0 Å². The molecule has 4 heteroatoms. The van der Waals surface area contributed by atoms with Gasteiger partial charge in [0.25, 0.3) is 0 Å². The number of hydrogen-bond donors (Lipinski definition) is 1. The number of carbonyl (C=O) groups is 1. The second-order valence-corrected chi connectivity index (χ2v) is 5.54. The predicted molar refractivity (Wildman–Crippen MR) is 69.2 cm³/mol. The Labute approximate surface area is 105 Å². The number of hydrogen-bond acceptors (Lipinski definition) is 3. The molecule has 0 aromatic heterocycles. The van der Waals surface area contributed by atoms with Crippen molar-refractivity contribution < 1.29 is 9.90 Å². The number of rotatable bonds is 5. The third kappa shape index (κ3) is 3.96. The van der Waals surface area contributed by atoms with Gasteiger partial charge in [-0.1, -0.05) is 12.8 Å². The van der Waals surface area contributed by atoms with Gasteiger partial charge in [0.2, 0.25) is 0 Å². The van der Waals surface area contributed by atoms with E-state index in [1.807, 2.05) is 0 Å². The van der Waals surface area contributed by atoms with Gasteiger partial charge in [-0.3, -0.25) is 9.69 Å². The second kappa shape index (κ2) is 6.36. The van der Waals surface area contributed by atoms with Gasteiger partial charge < -0.3 is 10.0 Å². The van der Waals surface area contributed by atoms with Gasteiger partial charge in [0.05, 0.1) is 6.54 Å². The topological polar surface area (TPSA) is 43.8 Å². The first-order valence-electron chi connectivity index (χ1n) is 6.57. The summed E-state index contributed by atoms with van der Waals surface area (Å²) >= 11 is 0. The van der Waals surface area contributed by atoms with Gasteiger partial charge in [-0.15, -0.1) is 0 Å². The lowest BCUT2D eigenvalue weighted by molar-refractivity contribution is -0.140. The fraction of sp³-hybridized carbons (Fsp3) is 0.923. The van der Waals surface area contributed by atoms with Crippen LogP contribution < -0.4 is 0 Å². The van der Waals surface area contributed by atoms with Gasteiger partial charge in [-0.05, 0) is 40.8 Å². The summed E-state index contributed by atoms with van der Waals surface area (Å²) in [7, 11) is 4.20. The van der Waals surface area contributed by atoms with Crippen LogP contribution >= 0.6 is 0 Å². The number of aliphatic carboxylic acids is 1. The molecule has 2 atom stereocenters. The minimum atomic E-state index is -0.721. The van der Waals surface area contributed by atoms with Gasteiger partial charge in [-0.2, -0.15) is 0 Å². The highest BCUT2D eigenvalue weighted by Gasteiger charge is 2.33. The molecule has 0 aromatic carbocycles. The molecule has 0 spiro atoms. The highest BCUT2D eigenvalue weighted by molar-refractivity contribution is 5.69. The summed E-state index contributed by atoms with van der Waals surface area (Å²) in [5, 5.41) is 9.03. The Morgan fingerprint density at radius 3 is 2.18 bits per heavy atom. The molecule has 0 radical (unpaired) electrons. The molecule has 1 aliphatic carbocycles. The third-order valence-corrected chi connectivity index (χ3v) is 3.76. The van der Waals surface area contributed by atoms with Crippen molar-refractivity contribution in [1.82, 2.24) is 9.80 Å². The maximum atomic E-state index is 11.0. The van der Waals surface area contributed by atoms with E-state index >= 15 is 0 Å². The molecular weight excluding hydrogens is 216 g/mol. The fourth-order valence-electron chi connectivity index (χ4n) is 2.92. The Balaban J connectivity index is 2.78. The molecule has 0 unspecified atom stereocenters. The van der Waals surface area contributed by atoms with E-state index in [-0.39, 0.29) is 12.6 Å². The van der Waals surface area contributed by atoms with Crippen molar-refractivity contribution >= 4 is 5.97 Å². The average molecular weight is 242 g/mol. The zero-order chi connectivity index (χ0) is 13.0. The quantitative estimate of drug-likeness (QED) is 0.796. The molecule has 0 bridgehead atoms. The molecule has 0 heterocycles. The Morgan fingerprint density at radius 2 is 1.76 bits per heavy atom. The first kappa shape index (κ1) is 14.5. The molecule has 4 nitrogen and oxygen atoms in total. The van der Waals surface area contributed by atoms with Crippen LogP contribution in [0.25, 0.3) is 0 Å². The van der Waals surface area contributed by atoms with Crippen LogP contribution in [-0.4, -0.2) is 59.6 Å². The van der Waals surface area contributed by atoms with E-state index in [2.05, 4.69) is 37.7 Å². The fourth-order valence-corrected chi connectivity index (χ4v) is 2.92. The van der Waals surface area contributed by atoms with Crippen molar-refractivity contribution in [2.24, 2.45) is 0 Å². The van der Waals surface area contributed by atoms with Crippen molar-refractivity contribution in [3.05, 3.63) is 0 Å². The van der Waals surface area contributed by atoms with Crippen LogP contribution in [0.2, 0.25) is 0 Å². The molecule has 17 heavy (non-hydrogen) atoms. The van der Waals surface area contributed by atoms with Crippen LogP contribution in [0.5, 0.6) is 0 Å². The maximum absolute atomic E-state index is 11.0. The van der Waals surface area contributed by atoms with Crippen LogP contribution in [0.3, 0.4) is 0 Å². The van der Waals surface area contributed by atoms with Gasteiger partial charge in [-0.25, -0.2) is 0 Å². The molecule has 0 saturated heterocycles. The summed E-state index contributed by atoms with van der Waals surface area (Å²) in [5.41, 5.74) is 0. The van der Waals surface area contributed by atoms with E-state index in [1.165, 1.54) is 19.3 Å². The monoisotopic (exact) mass is 242 g/mol. The number of carboxylic acids is 1. The Bertz CT molecular complexity index is 254. The summed E-state index contributed by atoms with van der Waals surface area (Å²) < 4.78 is 0. The molecule has 0 amide bonds. The molecule has 1 aliphatic rings. The Morgan fingerprint density at radius 1 is 1.24 bits per heavy atom. The first-order chi connectivity index (χ1) is 7.93. The lowest BCUT2D eigenvalue weighted by Gasteiger charge is -2.44. The summed E-state index contributed by atoms with van der Waals surface area (Å²) in [6.45, 7) is 4.33. The van der Waals surface area contributed by atoms with Gasteiger partial charge in [0, 0.05) is 18.1 Å². The summed E-state index contributed by atoms with van der Waals surface area (Å²) in [4.78, 5) is 15.4. The lowest BCUT2D eigenvalue weighted by atomic mass is 9.87. The Kier molecular flexibility index (Phi) is 5.40. The smallest absolute Gasteiger partial charge is 0.317 e. The van der Waals surface area contributed by atoms with Crippen LogP contribution in [-0.2, 0) is 4.79 Å². The minimum Gasteiger partial charge on any atom is -0.480 e. The SMILES string of the molecule is CC(C)N(CC(=O)O)[C@H]1CCCC[C@H]1N(C)C. The molecule has 1 fully saturated rings. The van der Waals surface area contributed by atoms with E-state index in [9.17, 15) is 4.79 Å². The van der Waals surface area contributed by atoms with Crippen molar-refractivity contribution in [2.45, 2.75) is 57.7 Å². The zero-order valence-corrected chi connectivity index (χ0v) is 11.5. The number of carboxylic acid groups (broad SMARTS) is 1. The first-order valence-corrected chi connectivity index (χ1v) is 6.57. The van der Waals surface area contributed by atoms with Crippen LogP contribution in [0.15, 0.2) is 0 Å². The van der Waals surface area contributed by atoms with Crippen molar-refractivity contribution in [3.63, 3.8) is 0 Å². The van der Waals surface area contributed by atoms with Gasteiger partial charge in [0.15, 0.2) is 0 Å². The molecule has 100 valence electrons. The normalized spacial score (nSPS) is 25.8. The average Bonchev–Trinajstić information content (AvgIpc) is 2.25. The molecule has 0 aromatic rings. The molecule has 1 saturated carbocycles. The van der Waals surface area contributed by atoms with E-state index in [0.717, 1.165) is 6.42 Å². The largest absolute Gasteiger partial charge is 0.480 e. The highest BCUT2D eigenvalue weighted by atomic mass is 16.4.